The van der Waals surface area contributed by atoms with E-state index in [0.29, 0.717) is 17.8 Å². The molecule has 1 aromatic heterocycles. The van der Waals surface area contributed by atoms with Gasteiger partial charge in [-0.2, -0.15) is 0 Å². The van der Waals surface area contributed by atoms with Crippen molar-refractivity contribution >= 4 is 5.97 Å². The first kappa shape index (κ1) is 16.1. The number of aryl methyl sites for hydroxylation is 2. The molecule has 0 N–H and O–H groups in total. The molecule has 0 saturated heterocycles. The van der Waals surface area contributed by atoms with Crippen molar-refractivity contribution in [2.75, 3.05) is 7.11 Å². The van der Waals surface area contributed by atoms with E-state index < -0.39 is 0 Å². The normalized spacial score (nSPS) is 10.8. The molecule has 1 heterocycles. The zero-order valence-corrected chi connectivity index (χ0v) is 13.8. The van der Waals surface area contributed by atoms with Crippen molar-refractivity contribution in [3.63, 3.8) is 0 Å². The third-order valence-corrected chi connectivity index (χ3v) is 3.59. The average molecular weight is 298 g/mol. The predicted octanol–water partition coefficient (Wildman–Crippen LogP) is 3.92. The molecule has 2 rings (SSSR count). The molecule has 0 aliphatic heterocycles. The van der Waals surface area contributed by atoms with Gasteiger partial charge in [-0.3, -0.25) is 0 Å². The molecule has 22 heavy (non-hydrogen) atoms. The lowest BCUT2D eigenvalue weighted by molar-refractivity contribution is 0.0596. The number of benzene rings is 1. The lowest BCUT2D eigenvalue weighted by atomic mass is 10.0. The highest BCUT2D eigenvalue weighted by Gasteiger charge is 2.22. The number of hydrogen-bond donors (Lipinski definition) is 0. The summed E-state index contributed by atoms with van der Waals surface area (Å²) >= 11 is 0. The molecule has 0 amide bonds. The van der Waals surface area contributed by atoms with Gasteiger partial charge in [0.05, 0.1) is 18.5 Å². The molecular weight excluding hydrogens is 276 g/mol. The van der Waals surface area contributed by atoms with Crippen LogP contribution in [0, 0.1) is 6.92 Å². The molecule has 1 aromatic carbocycles. The third-order valence-electron chi connectivity index (χ3n) is 3.59. The van der Waals surface area contributed by atoms with Gasteiger partial charge < -0.3 is 4.74 Å². The Morgan fingerprint density at radius 1 is 1.18 bits per heavy atom. The Hall–Kier alpha value is -2.23. The summed E-state index contributed by atoms with van der Waals surface area (Å²) in [6.45, 7) is 8.07. The second kappa shape index (κ2) is 6.69. The first-order valence-electron chi connectivity index (χ1n) is 7.54. The minimum atomic E-state index is -0.365. The van der Waals surface area contributed by atoms with Crippen LogP contribution in [0.25, 0.3) is 11.4 Å². The monoisotopic (exact) mass is 298 g/mol. The van der Waals surface area contributed by atoms with E-state index in [0.717, 1.165) is 17.0 Å². The molecular formula is C18H22N2O2. The van der Waals surface area contributed by atoms with Gasteiger partial charge in [-0.15, -0.1) is 0 Å². The summed E-state index contributed by atoms with van der Waals surface area (Å²) in [6.07, 6.45) is 0.658. The van der Waals surface area contributed by atoms with Crippen LogP contribution in [0.5, 0.6) is 0 Å². The first-order valence-corrected chi connectivity index (χ1v) is 7.54. The summed E-state index contributed by atoms with van der Waals surface area (Å²) in [7, 11) is 1.39. The number of carbonyl (C=O) groups excluding carboxylic acids is 1. The zero-order chi connectivity index (χ0) is 16.3. The van der Waals surface area contributed by atoms with Crippen molar-refractivity contribution < 1.29 is 9.53 Å². The van der Waals surface area contributed by atoms with Crippen LogP contribution in [0.3, 0.4) is 0 Å². The quantitative estimate of drug-likeness (QED) is 0.803. The molecule has 0 spiro atoms. The largest absolute Gasteiger partial charge is 0.465 e. The lowest BCUT2D eigenvalue weighted by Gasteiger charge is -2.15. The maximum atomic E-state index is 12.1. The summed E-state index contributed by atoms with van der Waals surface area (Å²) in [5.74, 6) is 0.413. The van der Waals surface area contributed by atoms with Crippen molar-refractivity contribution in [2.45, 2.75) is 40.0 Å². The van der Waals surface area contributed by atoms with Gasteiger partial charge in [0, 0.05) is 5.56 Å². The second-order valence-electron chi connectivity index (χ2n) is 5.62. The minimum Gasteiger partial charge on any atom is -0.465 e. The van der Waals surface area contributed by atoms with Crippen molar-refractivity contribution in [1.29, 1.82) is 0 Å². The fourth-order valence-electron chi connectivity index (χ4n) is 2.36. The number of ether oxygens (including phenoxy) is 1. The number of nitrogens with zero attached hydrogens (tertiary/aromatic N) is 2. The molecule has 0 radical (unpaired) electrons. The first-order chi connectivity index (χ1) is 10.5. The van der Waals surface area contributed by atoms with E-state index in [-0.39, 0.29) is 11.9 Å². The predicted molar refractivity (Wildman–Crippen MR) is 87.0 cm³/mol. The van der Waals surface area contributed by atoms with Gasteiger partial charge in [0.15, 0.2) is 5.82 Å². The fourth-order valence-corrected chi connectivity index (χ4v) is 2.36. The molecule has 0 aliphatic carbocycles. The van der Waals surface area contributed by atoms with E-state index in [4.69, 9.17) is 4.74 Å². The number of carbonyl (C=O) groups is 1. The Balaban J connectivity index is 2.66. The van der Waals surface area contributed by atoms with Crippen molar-refractivity contribution in [3.05, 3.63) is 46.8 Å². The van der Waals surface area contributed by atoms with Crippen LogP contribution < -0.4 is 0 Å². The Labute approximate surface area is 131 Å². The summed E-state index contributed by atoms with van der Waals surface area (Å²) in [5.41, 5.74) is 4.14. The van der Waals surface area contributed by atoms with Crippen molar-refractivity contribution in [1.82, 2.24) is 9.97 Å². The number of methoxy groups -OCH3 is 1. The Kier molecular flexibility index (Phi) is 4.91. The molecule has 0 unspecified atom stereocenters. The summed E-state index contributed by atoms with van der Waals surface area (Å²) in [6, 6.07) is 8.08. The Bertz CT molecular complexity index is 676. The highest BCUT2D eigenvalue weighted by Crippen LogP contribution is 2.25. The molecule has 4 heteroatoms. The summed E-state index contributed by atoms with van der Waals surface area (Å²) in [4.78, 5) is 21.3. The van der Waals surface area contributed by atoms with E-state index in [1.807, 2.05) is 52.0 Å². The highest BCUT2D eigenvalue weighted by molar-refractivity contribution is 5.92. The van der Waals surface area contributed by atoms with Gasteiger partial charge in [0.1, 0.15) is 5.56 Å². The Morgan fingerprint density at radius 2 is 1.82 bits per heavy atom. The molecule has 4 nitrogen and oxygen atoms in total. The average Bonchev–Trinajstić information content (AvgIpc) is 2.53. The van der Waals surface area contributed by atoms with E-state index in [2.05, 4.69) is 9.97 Å². The van der Waals surface area contributed by atoms with Gasteiger partial charge in [-0.05, 0) is 19.3 Å². The van der Waals surface area contributed by atoms with E-state index in [1.54, 1.807) is 0 Å². The van der Waals surface area contributed by atoms with Crippen LogP contribution in [0.4, 0.5) is 0 Å². The zero-order valence-electron chi connectivity index (χ0n) is 13.8. The molecule has 0 bridgehead atoms. The van der Waals surface area contributed by atoms with Gasteiger partial charge in [0.25, 0.3) is 0 Å². The lowest BCUT2D eigenvalue weighted by Crippen LogP contribution is -2.15. The van der Waals surface area contributed by atoms with Gasteiger partial charge in [0.2, 0.25) is 0 Å². The minimum absolute atomic E-state index is 0.117. The van der Waals surface area contributed by atoms with E-state index in [9.17, 15) is 4.79 Å². The summed E-state index contributed by atoms with van der Waals surface area (Å²) < 4.78 is 4.91. The molecule has 0 atom stereocenters. The third kappa shape index (κ3) is 3.16. The number of hydrogen-bond acceptors (Lipinski definition) is 4. The SMILES string of the molecule is CCc1nc(-c2ccc(C)cc2)nc(C(C)C)c1C(=O)OC. The number of esters is 1. The molecule has 2 aromatic rings. The standard InChI is InChI=1S/C18H22N2O2/c1-6-14-15(18(21)22-5)16(11(2)3)20-17(19-14)13-9-7-12(4)8-10-13/h7-11H,6H2,1-5H3. The van der Waals surface area contributed by atoms with Gasteiger partial charge >= 0.3 is 5.97 Å². The smallest absolute Gasteiger partial charge is 0.341 e. The van der Waals surface area contributed by atoms with Crippen LogP contribution in [-0.4, -0.2) is 23.0 Å². The topological polar surface area (TPSA) is 52.1 Å². The van der Waals surface area contributed by atoms with Crippen LogP contribution in [-0.2, 0) is 11.2 Å². The number of aromatic nitrogens is 2. The molecule has 0 aliphatic rings. The number of rotatable bonds is 4. The Morgan fingerprint density at radius 3 is 2.32 bits per heavy atom. The van der Waals surface area contributed by atoms with Gasteiger partial charge in [-0.25, -0.2) is 14.8 Å². The van der Waals surface area contributed by atoms with Crippen LogP contribution in [0.1, 0.15) is 54.0 Å². The fraction of sp³-hybridized carbons (Fsp3) is 0.389. The van der Waals surface area contributed by atoms with E-state index >= 15 is 0 Å². The molecule has 116 valence electrons. The van der Waals surface area contributed by atoms with Crippen LogP contribution >= 0.6 is 0 Å². The second-order valence-corrected chi connectivity index (χ2v) is 5.62. The molecule has 0 saturated carbocycles. The maximum Gasteiger partial charge on any atom is 0.341 e. The van der Waals surface area contributed by atoms with Crippen LogP contribution in [0.2, 0.25) is 0 Å². The maximum absolute atomic E-state index is 12.1. The molecule has 0 fully saturated rings. The van der Waals surface area contributed by atoms with Crippen molar-refractivity contribution in [3.8, 4) is 11.4 Å². The van der Waals surface area contributed by atoms with E-state index in [1.165, 1.54) is 12.7 Å². The summed E-state index contributed by atoms with van der Waals surface area (Å²) in [5, 5.41) is 0. The van der Waals surface area contributed by atoms with Gasteiger partial charge in [-0.1, -0.05) is 50.6 Å². The highest BCUT2D eigenvalue weighted by atomic mass is 16.5. The van der Waals surface area contributed by atoms with Crippen molar-refractivity contribution in [2.24, 2.45) is 0 Å². The van der Waals surface area contributed by atoms with Crippen LogP contribution in [0.15, 0.2) is 24.3 Å².